The number of allylic oxidation sites excluding steroid dienone is 1. The Kier molecular flexibility index (Phi) is 9.26. The zero-order valence-electron chi connectivity index (χ0n) is 17.6. The van der Waals surface area contributed by atoms with Gasteiger partial charge in [0.05, 0.1) is 12.2 Å². The van der Waals surface area contributed by atoms with Crippen molar-refractivity contribution in [2.75, 3.05) is 27.8 Å². The summed E-state index contributed by atoms with van der Waals surface area (Å²) in [6.07, 6.45) is 6.84. The predicted octanol–water partition coefficient (Wildman–Crippen LogP) is 1.03. The fraction of sp³-hybridized carbons (Fsp3) is 0.762. The summed E-state index contributed by atoms with van der Waals surface area (Å²) in [5.74, 6) is -0.875. The monoisotopic (exact) mass is 410 g/mol. The first-order valence-electron chi connectivity index (χ1n) is 10.4. The maximum Gasteiger partial charge on any atom is 0.262 e. The van der Waals surface area contributed by atoms with Crippen LogP contribution in [-0.4, -0.2) is 74.4 Å². The van der Waals surface area contributed by atoms with Crippen molar-refractivity contribution in [2.24, 2.45) is 11.8 Å². The van der Waals surface area contributed by atoms with Crippen LogP contribution in [0.4, 0.5) is 0 Å². The summed E-state index contributed by atoms with van der Waals surface area (Å²) in [5, 5.41) is 12.4. The minimum Gasteiger partial charge on any atom is -0.388 e. The molecule has 8 nitrogen and oxygen atoms in total. The van der Waals surface area contributed by atoms with Crippen molar-refractivity contribution in [1.82, 2.24) is 10.2 Å². The zero-order valence-corrected chi connectivity index (χ0v) is 17.6. The van der Waals surface area contributed by atoms with Crippen LogP contribution in [0, 0.1) is 11.8 Å². The third kappa shape index (κ3) is 6.35. The summed E-state index contributed by atoms with van der Waals surface area (Å²) in [4.78, 5) is 37.9. The zero-order chi connectivity index (χ0) is 21.4. The lowest BCUT2D eigenvalue weighted by molar-refractivity contribution is -0.131. The number of carbonyl (C=O) groups excluding carboxylic acids is 3. The van der Waals surface area contributed by atoms with E-state index in [0.717, 1.165) is 12.8 Å². The van der Waals surface area contributed by atoms with Crippen molar-refractivity contribution >= 4 is 18.2 Å². The second kappa shape index (κ2) is 11.4. The number of ether oxygens (including phenoxy) is 2. The molecule has 2 fully saturated rings. The minimum atomic E-state index is -0.772. The Balaban J connectivity index is 2.18. The standard InChI is InChI=1S/C21H34N2O6/c1-23(12-14-7-5-4-6-8-14)21(27)16(20(26)22-13-24)9-15-10-17(28-2)19(25)18(11-15)29-3/h9,13-15,17-19,25H,4-8,10-12H2,1-3H3,(H,22,24,26)/b16-9+. The highest BCUT2D eigenvalue weighted by Crippen LogP contribution is 2.31. The number of nitrogens with one attached hydrogen (secondary N) is 1. The van der Waals surface area contributed by atoms with E-state index in [1.54, 1.807) is 18.0 Å². The Morgan fingerprint density at radius 1 is 1.10 bits per heavy atom. The number of amides is 3. The van der Waals surface area contributed by atoms with Gasteiger partial charge in [0.15, 0.2) is 0 Å². The van der Waals surface area contributed by atoms with Gasteiger partial charge in [-0.15, -0.1) is 0 Å². The van der Waals surface area contributed by atoms with Crippen LogP contribution in [0.15, 0.2) is 11.6 Å². The molecule has 2 unspecified atom stereocenters. The second-order valence-electron chi connectivity index (χ2n) is 8.13. The van der Waals surface area contributed by atoms with Crippen LogP contribution < -0.4 is 5.32 Å². The molecule has 29 heavy (non-hydrogen) atoms. The molecule has 0 aromatic heterocycles. The van der Waals surface area contributed by atoms with Gasteiger partial charge in [0.1, 0.15) is 11.7 Å². The van der Waals surface area contributed by atoms with Gasteiger partial charge in [-0.25, -0.2) is 0 Å². The third-order valence-corrected chi connectivity index (χ3v) is 6.11. The number of aliphatic hydroxyl groups is 1. The predicted molar refractivity (Wildman–Crippen MR) is 107 cm³/mol. The van der Waals surface area contributed by atoms with E-state index in [2.05, 4.69) is 5.32 Å². The molecule has 8 heteroatoms. The van der Waals surface area contributed by atoms with Crippen LogP contribution in [0.5, 0.6) is 0 Å². The lowest BCUT2D eigenvalue weighted by atomic mass is 9.82. The first-order chi connectivity index (χ1) is 13.9. The van der Waals surface area contributed by atoms with E-state index in [1.165, 1.54) is 33.5 Å². The molecule has 3 amide bonds. The van der Waals surface area contributed by atoms with Gasteiger partial charge < -0.3 is 19.5 Å². The fourth-order valence-corrected chi connectivity index (χ4v) is 4.48. The third-order valence-electron chi connectivity index (χ3n) is 6.11. The normalized spacial score (nSPS) is 28.6. The maximum absolute atomic E-state index is 13.0. The van der Waals surface area contributed by atoms with Crippen LogP contribution in [0.3, 0.4) is 0 Å². The van der Waals surface area contributed by atoms with Gasteiger partial charge in [0, 0.05) is 27.8 Å². The SMILES string of the molecule is COC1CC(/C=C(\C(=O)NC=O)C(=O)N(C)CC2CCCCC2)CC(OC)C1O. The number of likely N-dealkylation sites (N-methyl/N-ethyl adjacent to an activating group) is 1. The minimum absolute atomic E-state index is 0.0542. The lowest BCUT2D eigenvalue weighted by Crippen LogP contribution is -2.46. The number of hydrogen-bond acceptors (Lipinski definition) is 6. The Bertz CT molecular complexity index is 588. The van der Waals surface area contributed by atoms with Gasteiger partial charge in [0.2, 0.25) is 6.41 Å². The molecule has 2 rings (SSSR count). The molecule has 2 atom stereocenters. The number of methoxy groups -OCH3 is 2. The Morgan fingerprint density at radius 3 is 2.21 bits per heavy atom. The number of carbonyl (C=O) groups is 3. The number of imide groups is 1. The molecule has 0 spiro atoms. The Labute approximate surface area is 172 Å². The Hall–Kier alpha value is -1.77. The van der Waals surface area contributed by atoms with E-state index < -0.39 is 30.1 Å². The summed E-state index contributed by atoms with van der Waals surface area (Å²) < 4.78 is 10.7. The van der Waals surface area contributed by atoms with Crippen molar-refractivity contribution in [2.45, 2.75) is 63.3 Å². The van der Waals surface area contributed by atoms with E-state index >= 15 is 0 Å². The molecule has 2 N–H and O–H groups in total. The van der Waals surface area contributed by atoms with Crippen LogP contribution in [0.2, 0.25) is 0 Å². The number of aliphatic hydroxyl groups excluding tert-OH is 1. The quantitative estimate of drug-likeness (QED) is 0.268. The van der Waals surface area contributed by atoms with Gasteiger partial charge in [-0.3, -0.25) is 19.7 Å². The summed E-state index contributed by atoms with van der Waals surface area (Å²) in [6, 6.07) is 0. The molecule has 0 saturated heterocycles. The molecule has 0 bridgehead atoms. The highest BCUT2D eigenvalue weighted by molar-refractivity contribution is 6.20. The largest absolute Gasteiger partial charge is 0.388 e. The summed E-state index contributed by atoms with van der Waals surface area (Å²) in [7, 11) is 4.71. The van der Waals surface area contributed by atoms with Crippen molar-refractivity contribution in [3.63, 3.8) is 0 Å². The number of rotatable bonds is 8. The second-order valence-corrected chi connectivity index (χ2v) is 8.13. The van der Waals surface area contributed by atoms with E-state index in [-0.39, 0.29) is 17.9 Å². The van der Waals surface area contributed by atoms with Gasteiger partial charge in [0.25, 0.3) is 11.8 Å². The van der Waals surface area contributed by atoms with Crippen molar-refractivity contribution < 1.29 is 29.0 Å². The van der Waals surface area contributed by atoms with E-state index in [1.807, 2.05) is 0 Å². The van der Waals surface area contributed by atoms with Crippen molar-refractivity contribution in [3.8, 4) is 0 Å². The average molecular weight is 411 g/mol. The van der Waals surface area contributed by atoms with Crippen molar-refractivity contribution in [1.29, 1.82) is 0 Å². The summed E-state index contributed by atoms with van der Waals surface area (Å²) in [5.41, 5.74) is -0.0542. The van der Waals surface area contributed by atoms with Gasteiger partial charge >= 0.3 is 0 Å². The van der Waals surface area contributed by atoms with Crippen LogP contribution in [0.25, 0.3) is 0 Å². The maximum atomic E-state index is 13.0. The highest BCUT2D eigenvalue weighted by Gasteiger charge is 2.37. The molecule has 2 aliphatic carbocycles. The first kappa shape index (κ1) is 23.5. The number of nitrogens with zero attached hydrogens (tertiary/aromatic N) is 1. The molecule has 0 radical (unpaired) electrons. The first-order valence-corrected chi connectivity index (χ1v) is 10.4. The number of hydrogen-bond donors (Lipinski definition) is 2. The summed E-state index contributed by atoms with van der Waals surface area (Å²) >= 11 is 0. The molecule has 2 saturated carbocycles. The smallest absolute Gasteiger partial charge is 0.262 e. The molecule has 2 aliphatic rings. The van der Waals surface area contributed by atoms with E-state index in [4.69, 9.17) is 9.47 Å². The summed E-state index contributed by atoms with van der Waals surface area (Å²) in [6.45, 7) is 0.593. The van der Waals surface area contributed by atoms with Crippen LogP contribution >= 0.6 is 0 Å². The van der Waals surface area contributed by atoms with Gasteiger partial charge in [-0.05, 0) is 37.5 Å². The molecule has 0 aromatic rings. The van der Waals surface area contributed by atoms with Gasteiger partial charge in [-0.1, -0.05) is 25.3 Å². The van der Waals surface area contributed by atoms with E-state index in [0.29, 0.717) is 25.3 Å². The molecule has 0 aliphatic heterocycles. The molecule has 0 aromatic carbocycles. The van der Waals surface area contributed by atoms with E-state index in [9.17, 15) is 19.5 Å². The Morgan fingerprint density at radius 2 is 1.69 bits per heavy atom. The average Bonchev–Trinajstić information content (AvgIpc) is 2.73. The highest BCUT2D eigenvalue weighted by atomic mass is 16.5. The molecule has 0 heterocycles. The van der Waals surface area contributed by atoms with Crippen molar-refractivity contribution in [3.05, 3.63) is 11.6 Å². The van der Waals surface area contributed by atoms with Crippen LogP contribution in [0.1, 0.15) is 44.9 Å². The van der Waals surface area contributed by atoms with Crippen LogP contribution in [-0.2, 0) is 23.9 Å². The topological polar surface area (TPSA) is 105 Å². The molecular formula is C21H34N2O6. The molecular weight excluding hydrogens is 376 g/mol. The lowest BCUT2D eigenvalue weighted by Gasteiger charge is -2.37. The van der Waals surface area contributed by atoms with Gasteiger partial charge in [-0.2, -0.15) is 0 Å². The fourth-order valence-electron chi connectivity index (χ4n) is 4.48. The molecule has 164 valence electrons.